The lowest BCUT2D eigenvalue weighted by atomic mass is 10.2. The van der Waals surface area contributed by atoms with Crippen LogP contribution in [0.4, 0.5) is 0 Å². The van der Waals surface area contributed by atoms with Crippen molar-refractivity contribution >= 4 is 8.07 Å². The molecule has 13 heavy (non-hydrogen) atoms. The molecule has 0 bridgehead atoms. The summed E-state index contributed by atoms with van der Waals surface area (Å²) >= 11 is 0. The van der Waals surface area contributed by atoms with E-state index >= 15 is 0 Å². The van der Waals surface area contributed by atoms with Gasteiger partial charge in [-0.25, -0.2) is 0 Å². The van der Waals surface area contributed by atoms with Gasteiger partial charge >= 0.3 is 0 Å². The Balaban J connectivity index is 2.27. The van der Waals surface area contributed by atoms with Crippen LogP contribution >= 0.6 is 0 Å². The third kappa shape index (κ3) is 5.09. The van der Waals surface area contributed by atoms with Crippen molar-refractivity contribution in [3.8, 4) is 11.5 Å². The van der Waals surface area contributed by atoms with Gasteiger partial charge in [0.25, 0.3) is 0 Å². The SMILES string of the molecule is C[Si](C)(C)C#CC[C@H]1COCCN1. The number of morpholine rings is 1. The predicted molar refractivity (Wildman–Crippen MR) is 58.3 cm³/mol. The molecule has 0 aromatic rings. The van der Waals surface area contributed by atoms with E-state index in [1.54, 1.807) is 0 Å². The van der Waals surface area contributed by atoms with Crippen molar-refractivity contribution in [3.63, 3.8) is 0 Å². The van der Waals surface area contributed by atoms with Crippen LogP contribution in [0.25, 0.3) is 0 Å². The Morgan fingerprint density at radius 1 is 1.46 bits per heavy atom. The second kappa shape index (κ2) is 4.80. The summed E-state index contributed by atoms with van der Waals surface area (Å²) < 4.78 is 5.35. The summed E-state index contributed by atoms with van der Waals surface area (Å²) in [5.41, 5.74) is 3.36. The smallest absolute Gasteiger partial charge is 0.129 e. The summed E-state index contributed by atoms with van der Waals surface area (Å²) in [4.78, 5) is 0. The quantitative estimate of drug-likeness (QED) is 0.504. The number of nitrogens with one attached hydrogen (secondary N) is 1. The molecule has 1 aliphatic rings. The molecular weight excluding hydrogens is 178 g/mol. The molecule has 1 fully saturated rings. The first kappa shape index (κ1) is 10.8. The third-order valence-electron chi connectivity index (χ3n) is 1.81. The fourth-order valence-corrected chi connectivity index (χ4v) is 1.82. The normalized spacial score (nSPS) is 23.5. The molecule has 2 nitrogen and oxygen atoms in total. The van der Waals surface area contributed by atoms with E-state index in [0.29, 0.717) is 6.04 Å². The minimum atomic E-state index is -1.17. The fraction of sp³-hybridized carbons (Fsp3) is 0.800. The van der Waals surface area contributed by atoms with Gasteiger partial charge in [-0.2, -0.15) is 0 Å². The summed E-state index contributed by atoms with van der Waals surface area (Å²) in [5.74, 6) is 3.26. The van der Waals surface area contributed by atoms with Crippen LogP contribution in [0.1, 0.15) is 6.42 Å². The summed E-state index contributed by atoms with van der Waals surface area (Å²) in [6.07, 6.45) is 0.935. The first-order valence-electron chi connectivity index (χ1n) is 4.89. The first-order chi connectivity index (χ1) is 6.08. The molecule has 0 aliphatic carbocycles. The molecule has 0 aromatic carbocycles. The molecule has 1 heterocycles. The molecule has 3 heteroatoms. The molecule has 0 unspecified atom stereocenters. The summed E-state index contributed by atoms with van der Waals surface area (Å²) in [6.45, 7) is 9.44. The van der Waals surface area contributed by atoms with Crippen LogP contribution < -0.4 is 5.32 Å². The molecule has 1 atom stereocenters. The summed E-state index contributed by atoms with van der Waals surface area (Å²) in [6, 6.07) is 0.456. The molecule has 1 N–H and O–H groups in total. The van der Waals surface area contributed by atoms with Gasteiger partial charge in [0.15, 0.2) is 0 Å². The molecule has 0 saturated carbocycles. The minimum absolute atomic E-state index is 0.456. The van der Waals surface area contributed by atoms with Crippen molar-refractivity contribution in [1.82, 2.24) is 5.32 Å². The van der Waals surface area contributed by atoms with E-state index in [4.69, 9.17) is 4.74 Å². The Morgan fingerprint density at radius 3 is 2.77 bits per heavy atom. The number of rotatable bonds is 1. The second-order valence-electron chi connectivity index (χ2n) is 4.48. The van der Waals surface area contributed by atoms with E-state index in [9.17, 15) is 0 Å². The van der Waals surface area contributed by atoms with Crippen molar-refractivity contribution in [2.24, 2.45) is 0 Å². The van der Waals surface area contributed by atoms with Crippen LogP contribution in [-0.2, 0) is 4.74 Å². The molecular formula is C10H19NOSi. The number of ether oxygens (including phenoxy) is 1. The largest absolute Gasteiger partial charge is 0.378 e. The lowest BCUT2D eigenvalue weighted by Gasteiger charge is -2.21. The Hall–Kier alpha value is -0.303. The monoisotopic (exact) mass is 197 g/mol. The molecule has 1 saturated heterocycles. The van der Waals surface area contributed by atoms with Crippen LogP contribution in [0.5, 0.6) is 0 Å². The van der Waals surface area contributed by atoms with E-state index in [1.165, 1.54) is 0 Å². The van der Waals surface area contributed by atoms with E-state index < -0.39 is 8.07 Å². The van der Waals surface area contributed by atoms with Crippen LogP contribution in [0.2, 0.25) is 19.6 Å². The third-order valence-corrected chi connectivity index (χ3v) is 2.74. The highest BCUT2D eigenvalue weighted by atomic mass is 28.3. The standard InChI is InChI=1S/C10H19NOSi/c1-13(2,3)8-4-5-10-9-12-7-6-11-10/h10-11H,5-7,9H2,1-3H3/t10-/m0/s1. The van der Waals surface area contributed by atoms with Crippen LogP contribution in [0.15, 0.2) is 0 Å². The van der Waals surface area contributed by atoms with Crippen molar-refractivity contribution in [2.75, 3.05) is 19.8 Å². The predicted octanol–water partition coefficient (Wildman–Crippen LogP) is 1.25. The van der Waals surface area contributed by atoms with Gasteiger partial charge in [0.2, 0.25) is 0 Å². The van der Waals surface area contributed by atoms with Gasteiger partial charge in [-0.3, -0.25) is 0 Å². The topological polar surface area (TPSA) is 21.3 Å². The molecule has 1 rings (SSSR count). The maximum atomic E-state index is 5.35. The van der Waals surface area contributed by atoms with Gasteiger partial charge in [0, 0.05) is 19.0 Å². The zero-order valence-electron chi connectivity index (χ0n) is 8.81. The van der Waals surface area contributed by atoms with Gasteiger partial charge in [0.05, 0.1) is 13.2 Å². The highest BCUT2D eigenvalue weighted by molar-refractivity contribution is 6.83. The van der Waals surface area contributed by atoms with Crippen molar-refractivity contribution in [2.45, 2.75) is 32.1 Å². The first-order valence-corrected chi connectivity index (χ1v) is 8.39. The number of hydrogen-bond donors (Lipinski definition) is 1. The molecule has 0 aromatic heterocycles. The van der Waals surface area contributed by atoms with Gasteiger partial charge in [0.1, 0.15) is 8.07 Å². The Bertz CT molecular complexity index is 205. The zero-order valence-corrected chi connectivity index (χ0v) is 9.81. The Kier molecular flexibility index (Phi) is 3.98. The van der Waals surface area contributed by atoms with Crippen LogP contribution in [0, 0.1) is 11.5 Å². The maximum absolute atomic E-state index is 5.35. The van der Waals surface area contributed by atoms with Gasteiger partial charge in [-0.15, -0.1) is 11.5 Å². The van der Waals surface area contributed by atoms with Crippen LogP contribution in [0.3, 0.4) is 0 Å². The average Bonchev–Trinajstić information content (AvgIpc) is 2.04. The highest BCUT2D eigenvalue weighted by Gasteiger charge is 2.12. The van der Waals surface area contributed by atoms with Crippen molar-refractivity contribution < 1.29 is 4.74 Å². The highest BCUT2D eigenvalue weighted by Crippen LogP contribution is 2.00. The van der Waals surface area contributed by atoms with E-state index in [0.717, 1.165) is 26.2 Å². The lowest BCUT2D eigenvalue weighted by molar-refractivity contribution is 0.0784. The van der Waals surface area contributed by atoms with Crippen molar-refractivity contribution in [3.05, 3.63) is 0 Å². The molecule has 0 amide bonds. The fourth-order valence-electron chi connectivity index (χ4n) is 1.19. The maximum Gasteiger partial charge on any atom is 0.129 e. The number of hydrogen-bond acceptors (Lipinski definition) is 2. The molecule has 1 aliphatic heterocycles. The average molecular weight is 197 g/mol. The van der Waals surface area contributed by atoms with Crippen LogP contribution in [-0.4, -0.2) is 33.9 Å². The van der Waals surface area contributed by atoms with E-state index in [-0.39, 0.29) is 0 Å². The summed E-state index contributed by atoms with van der Waals surface area (Å²) in [5, 5.41) is 3.39. The molecule has 0 radical (unpaired) electrons. The lowest BCUT2D eigenvalue weighted by Crippen LogP contribution is -2.40. The Labute approximate surface area is 82.1 Å². The van der Waals surface area contributed by atoms with Gasteiger partial charge in [-0.1, -0.05) is 19.6 Å². The summed E-state index contributed by atoms with van der Waals surface area (Å²) in [7, 11) is -1.17. The Morgan fingerprint density at radius 2 is 2.23 bits per heavy atom. The van der Waals surface area contributed by atoms with Gasteiger partial charge in [-0.05, 0) is 0 Å². The van der Waals surface area contributed by atoms with E-state index in [1.807, 2.05) is 0 Å². The second-order valence-corrected chi connectivity index (χ2v) is 9.23. The zero-order chi connectivity index (χ0) is 9.73. The minimum Gasteiger partial charge on any atom is -0.378 e. The van der Waals surface area contributed by atoms with E-state index in [2.05, 4.69) is 36.4 Å². The van der Waals surface area contributed by atoms with Crippen molar-refractivity contribution in [1.29, 1.82) is 0 Å². The van der Waals surface area contributed by atoms with Gasteiger partial charge < -0.3 is 10.1 Å². The molecule has 0 spiro atoms. The molecule has 74 valence electrons.